The third-order valence-electron chi connectivity index (χ3n) is 3.33. The predicted molar refractivity (Wildman–Crippen MR) is 74.0 cm³/mol. The second kappa shape index (κ2) is 4.71. The number of ether oxygens (including phenoxy) is 1. The van der Waals surface area contributed by atoms with Crippen LogP contribution in [-0.2, 0) is 6.42 Å². The Morgan fingerprint density at radius 2 is 2.11 bits per heavy atom. The van der Waals surface area contributed by atoms with Crippen LogP contribution >= 0.6 is 11.3 Å². The lowest BCUT2D eigenvalue weighted by atomic mass is 9.99. The zero-order valence-electron chi connectivity index (χ0n) is 10.3. The molecule has 2 N–H and O–H groups in total. The van der Waals surface area contributed by atoms with E-state index in [2.05, 4.69) is 12.1 Å². The van der Waals surface area contributed by atoms with Crippen molar-refractivity contribution in [3.05, 3.63) is 34.8 Å². The topological polar surface area (TPSA) is 48.1 Å². The van der Waals surface area contributed by atoms with Crippen LogP contribution in [0.15, 0.2) is 24.3 Å². The third-order valence-corrected chi connectivity index (χ3v) is 4.61. The molecule has 0 fully saturated rings. The largest absolute Gasteiger partial charge is 0.497 e. The van der Waals surface area contributed by atoms with Crippen molar-refractivity contribution in [1.82, 2.24) is 4.98 Å². The molecule has 1 heterocycles. The van der Waals surface area contributed by atoms with Crippen molar-refractivity contribution < 1.29 is 4.74 Å². The van der Waals surface area contributed by atoms with Gasteiger partial charge < -0.3 is 10.5 Å². The minimum atomic E-state index is 0.179. The second-order valence-electron chi connectivity index (χ2n) is 4.56. The van der Waals surface area contributed by atoms with Crippen LogP contribution < -0.4 is 10.5 Å². The number of hydrogen-bond donors (Lipinski definition) is 1. The average Bonchev–Trinajstić information content (AvgIpc) is 2.84. The number of nitrogens with two attached hydrogens (primary N) is 1. The first-order valence-electron chi connectivity index (χ1n) is 6.17. The molecule has 1 atom stereocenters. The van der Waals surface area contributed by atoms with E-state index in [0.717, 1.165) is 35.6 Å². The van der Waals surface area contributed by atoms with E-state index in [0.29, 0.717) is 0 Å². The predicted octanol–water partition coefficient (Wildman–Crippen LogP) is 3.15. The maximum absolute atomic E-state index is 6.13. The number of hydrogen-bond acceptors (Lipinski definition) is 4. The fourth-order valence-corrected chi connectivity index (χ4v) is 3.46. The molecule has 3 rings (SSSR count). The van der Waals surface area contributed by atoms with Gasteiger partial charge in [-0.1, -0.05) is 0 Å². The Hall–Kier alpha value is -1.39. The van der Waals surface area contributed by atoms with Crippen LogP contribution in [0.25, 0.3) is 10.6 Å². The second-order valence-corrected chi connectivity index (χ2v) is 5.59. The van der Waals surface area contributed by atoms with Gasteiger partial charge in [0.1, 0.15) is 10.8 Å². The van der Waals surface area contributed by atoms with Gasteiger partial charge in [-0.05, 0) is 43.5 Å². The molecule has 1 unspecified atom stereocenters. The van der Waals surface area contributed by atoms with E-state index in [1.54, 1.807) is 18.4 Å². The number of aryl methyl sites for hydroxylation is 1. The van der Waals surface area contributed by atoms with Crippen LogP contribution in [0.1, 0.15) is 29.5 Å². The van der Waals surface area contributed by atoms with E-state index >= 15 is 0 Å². The number of nitrogens with zero attached hydrogens (tertiary/aromatic N) is 1. The zero-order valence-corrected chi connectivity index (χ0v) is 11.2. The van der Waals surface area contributed by atoms with E-state index in [4.69, 9.17) is 15.5 Å². The van der Waals surface area contributed by atoms with Crippen molar-refractivity contribution in [2.75, 3.05) is 7.11 Å². The minimum absolute atomic E-state index is 0.179. The third kappa shape index (κ3) is 2.02. The molecule has 0 aliphatic heterocycles. The van der Waals surface area contributed by atoms with Crippen molar-refractivity contribution >= 4 is 11.3 Å². The van der Waals surface area contributed by atoms with Gasteiger partial charge in [0.2, 0.25) is 0 Å². The molecule has 2 aromatic rings. The lowest BCUT2D eigenvalue weighted by Crippen LogP contribution is -2.15. The molecule has 1 aliphatic rings. The fourth-order valence-electron chi connectivity index (χ4n) is 2.31. The first-order valence-corrected chi connectivity index (χ1v) is 6.99. The number of fused-ring (bicyclic) bond motifs is 1. The summed E-state index contributed by atoms with van der Waals surface area (Å²) in [5.74, 6) is 0.872. The maximum atomic E-state index is 6.13. The highest BCUT2D eigenvalue weighted by Crippen LogP contribution is 2.36. The summed E-state index contributed by atoms with van der Waals surface area (Å²) in [6.07, 6.45) is 3.30. The highest BCUT2D eigenvalue weighted by molar-refractivity contribution is 7.15. The summed E-state index contributed by atoms with van der Waals surface area (Å²) < 4.78 is 5.17. The van der Waals surface area contributed by atoms with E-state index in [1.807, 2.05) is 12.1 Å². The summed E-state index contributed by atoms with van der Waals surface area (Å²) in [7, 11) is 1.68. The van der Waals surface area contributed by atoms with Crippen LogP contribution in [0.4, 0.5) is 0 Å². The smallest absolute Gasteiger partial charge is 0.123 e. The van der Waals surface area contributed by atoms with E-state index in [-0.39, 0.29) is 6.04 Å². The van der Waals surface area contributed by atoms with Crippen LogP contribution in [0, 0.1) is 0 Å². The molecule has 0 amide bonds. The summed E-state index contributed by atoms with van der Waals surface area (Å²) in [5.41, 5.74) is 8.47. The van der Waals surface area contributed by atoms with Gasteiger partial charge >= 0.3 is 0 Å². The molecular formula is C14H16N2OS. The molecule has 0 radical (unpaired) electrons. The van der Waals surface area contributed by atoms with Gasteiger partial charge in [0.05, 0.1) is 12.8 Å². The quantitative estimate of drug-likeness (QED) is 0.902. The molecule has 0 bridgehead atoms. The lowest BCUT2D eigenvalue weighted by Gasteiger charge is -2.15. The van der Waals surface area contributed by atoms with Crippen molar-refractivity contribution in [1.29, 1.82) is 0 Å². The number of thiazole rings is 1. The van der Waals surface area contributed by atoms with Crippen LogP contribution in [0.5, 0.6) is 5.75 Å². The molecule has 0 saturated carbocycles. The Kier molecular flexibility index (Phi) is 3.06. The summed E-state index contributed by atoms with van der Waals surface area (Å²) in [4.78, 5) is 6.00. The molecule has 18 heavy (non-hydrogen) atoms. The Bertz CT molecular complexity index is 547. The van der Waals surface area contributed by atoms with Crippen LogP contribution in [0.3, 0.4) is 0 Å². The van der Waals surface area contributed by atoms with Gasteiger partial charge in [-0.3, -0.25) is 0 Å². The molecule has 0 saturated heterocycles. The van der Waals surface area contributed by atoms with Crippen molar-refractivity contribution in [2.45, 2.75) is 25.3 Å². The van der Waals surface area contributed by atoms with Gasteiger partial charge in [-0.25, -0.2) is 4.98 Å². The molecular weight excluding hydrogens is 244 g/mol. The van der Waals surface area contributed by atoms with Crippen LogP contribution in [-0.4, -0.2) is 12.1 Å². The molecule has 1 aliphatic carbocycles. The number of methoxy groups -OCH3 is 1. The number of rotatable bonds is 2. The monoisotopic (exact) mass is 260 g/mol. The molecule has 94 valence electrons. The van der Waals surface area contributed by atoms with Crippen molar-refractivity contribution in [2.24, 2.45) is 5.73 Å². The molecule has 4 heteroatoms. The fraction of sp³-hybridized carbons (Fsp3) is 0.357. The summed E-state index contributed by atoms with van der Waals surface area (Å²) >= 11 is 1.73. The standard InChI is InChI=1S/C14H16N2OS/c1-17-10-7-5-9(6-8-10)14-16-12-4-2-3-11(15)13(12)18-14/h5-8,11H,2-4,15H2,1H3. The number of benzene rings is 1. The van der Waals surface area contributed by atoms with Crippen LogP contribution in [0.2, 0.25) is 0 Å². The minimum Gasteiger partial charge on any atom is -0.497 e. The highest BCUT2D eigenvalue weighted by atomic mass is 32.1. The SMILES string of the molecule is COc1ccc(-c2nc3c(s2)C(N)CCC3)cc1. The van der Waals surface area contributed by atoms with Gasteiger partial charge in [-0.15, -0.1) is 11.3 Å². The average molecular weight is 260 g/mol. The van der Waals surface area contributed by atoms with Crippen molar-refractivity contribution in [3.63, 3.8) is 0 Å². The molecule has 3 nitrogen and oxygen atoms in total. The van der Waals surface area contributed by atoms with Crippen molar-refractivity contribution in [3.8, 4) is 16.3 Å². The zero-order chi connectivity index (χ0) is 12.5. The summed E-state index contributed by atoms with van der Waals surface area (Å²) in [6, 6.07) is 8.22. The Morgan fingerprint density at radius 3 is 2.78 bits per heavy atom. The molecule has 1 aromatic carbocycles. The first-order chi connectivity index (χ1) is 8.78. The van der Waals surface area contributed by atoms with Gasteiger partial charge in [0, 0.05) is 16.5 Å². The highest BCUT2D eigenvalue weighted by Gasteiger charge is 2.21. The summed E-state index contributed by atoms with van der Waals surface area (Å²) in [5, 5.41) is 1.07. The van der Waals surface area contributed by atoms with E-state index in [9.17, 15) is 0 Å². The van der Waals surface area contributed by atoms with Gasteiger partial charge in [-0.2, -0.15) is 0 Å². The molecule has 1 aromatic heterocycles. The Labute approximate surface area is 111 Å². The van der Waals surface area contributed by atoms with Gasteiger partial charge in [0.15, 0.2) is 0 Å². The Balaban J connectivity index is 1.96. The Morgan fingerprint density at radius 1 is 1.33 bits per heavy atom. The summed E-state index contributed by atoms with van der Waals surface area (Å²) in [6.45, 7) is 0. The van der Waals surface area contributed by atoms with E-state index < -0.39 is 0 Å². The van der Waals surface area contributed by atoms with E-state index in [1.165, 1.54) is 10.6 Å². The lowest BCUT2D eigenvalue weighted by molar-refractivity contribution is 0.415. The number of aromatic nitrogens is 1. The maximum Gasteiger partial charge on any atom is 0.123 e. The molecule has 0 spiro atoms. The van der Waals surface area contributed by atoms with Gasteiger partial charge in [0.25, 0.3) is 0 Å². The first kappa shape index (κ1) is 11.7. The normalized spacial score (nSPS) is 18.4.